The molecule has 7 nitrogen and oxygen atoms in total. The average molecular weight is 470 g/mol. The van der Waals surface area contributed by atoms with Crippen LogP contribution in [-0.4, -0.2) is 33.1 Å². The first-order chi connectivity index (χ1) is 15.3. The fourth-order valence-electron chi connectivity index (χ4n) is 2.88. The molecule has 3 aromatic rings. The van der Waals surface area contributed by atoms with Crippen molar-refractivity contribution in [3.8, 4) is 5.75 Å². The van der Waals surface area contributed by atoms with Crippen LogP contribution in [0.1, 0.15) is 17.3 Å². The molecule has 0 atom stereocenters. The third-order valence-electron chi connectivity index (χ3n) is 4.52. The van der Waals surface area contributed by atoms with E-state index in [4.69, 9.17) is 17.0 Å². The van der Waals surface area contributed by atoms with Gasteiger partial charge in [-0.05, 0) is 73.7 Å². The van der Waals surface area contributed by atoms with Gasteiger partial charge in [0.15, 0.2) is 5.11 Å². The van der Waals surface area contributed by atoms with E-state index in [9.17, 15) is 13.2 Å². The number of ether oxygens (including phenoxy) is 1. The van der Waals surface area contributed by atoms with Crippen LogP contribution in [-0.2, 0) is 10.0 Å². The Morgan fingerprint density at radius 1 is 1.00 bits per heavy atom. The molecule has 2 N–H and O–H groups in total. The maximum Gasteiger partial charge on any atom is 0.264 e. The van der Waals surface area contributed by atoms with Gasteiger partial charge in [0, 0.05) is 18.3 Å². The molecule has 166 valence electrons. The second kappa shape index (κ2) is 10.3. The van der Waals surface area contributed by atoms with Gasteiger partial charge in [0.2, 0.25) is 0 Å². The molecule has 0 spiro atoms. The Labute approximate surface area is 193 Å². The van der Waals surface area contributed by atoms with Crippen LogP contribution in [0.15, 0.2) is 83.8 Å². The second-order valence-electron chi connectivity index (χ2n) is 6.70. The van der Waals surface area contributed by atoms with Gasteiger partial charge < -0.3 is 10.1 Å². The van der Waals surface area contributed by atoms with Gasteiger partial charge in [-0.2, -0.15) is 0 Å². The third kappa shape index (κ3) is 5.63. The van der Waals surface area contributed by atoms with Gasteiger partial charge in [0.25, 0.3) is 15.9 Å². The number of carbonyl (C=O) groups is 1. The van der Waals surface area contributed by atoms with Crippen molar-refractivity contribution < 1.29 is 17.9 Å². The monoisotopic (exact) mass is 469 g/mol. The molecule has 0 unspecified atom stereocenters. The molecule has 0 bridgehead atoms. The lowest BCUT2D eigenvalue weighted by molar-refractivity contribution is 0.0977. The summed E-state index contributed by atoms with van der Waals surface area (Å²) in [7, 11) is -2.21. The summed E-state index contributed by atoms with van der Waals surface area (Å²) in [5, 5.41) is 5.57. The number of benzene rings is 3. The Balaban J connectivity index is 1.64. The number of rotatable bonds is 7. The number of nitrogens with one attached hydrogen (secondary N) is 2. The summed E-state index contributed by atoms with van der Waals surface area (Å²) < 4.78 is 32.3. The van der Waals surface area contributed by atoms with Crippen LogP contribution in [0.4, 0.5) is 11.4 Å². The number of amides is 1. The zero-order valence-corrected chi connectivity index (χ0v) is 19.2. The molecule has 0 radical (unpaired) electrons. The van der Waals surface area contributed by atoms with Crippen LogP contribution < -0.4 is 19.7 Å². The first-order valence-corrected chi connectivity index (χ1v) is 11.7. The predicted molar refractivity (Wildman–Crippen MR) is 130 cm³/mol. The van der Waals surface area contributed by atoms with E-state index >= 15 is 0 Å². The van der Waals surface area contributed by atoms with Crippen molar-refractivity contribution in [3.05, 3.63) is 84.4 Å². The number of carbonyl (C=O) groups excluding carboxylic acids is 1. The minimum absolute atomic E-state index is 0.0915. The summed E-state index contributed by atoms with van der Waals surface area (Å²) in [6.45, 7) is 2.36. The van der Waals surface area contributed by atoms with E-state index in [2.05, 4.69) is 10.6 Å². The van der Waals surface area contributed by atoms with Gasteiger partial charge in [-0.1, -0.05) is 24.3 Å². The second-order valence-corrected chi connectivity index (χ2v) is 9.08. The number of nitrogens with zero attached hydrogens (tertiary/aromatic N) is 1. The van der Waals surface area contributed by atoms with Crippen LogP contribution in [0, 0.1) is 0 Å². The van der Waals surface area contributed by atoms with Crippen LogP contribution >= 0.6 is 12.2 Å². The van der Waals surface area contributed by atoms with E-state index in [1.54, 1.807) is 60.7 Å². The van der Waals surface area contributed by atoms with E-state index in [-0.39, 0.29) is 15.9 Å². The van der Waals surface area contributed by atoms with E-state index in [1.165, 1.54) is 23.5 Å². The first kappa shape index (κ1) is 23.2. The van der Waals surface area contributed by atoms with Crippen molar-refractivity contribution in [2.45, 2.75) is 11.8 Å². The summed E-state index contributed by atoms with van der Waals surface area (Å²) in [5.41, 5.74) is 1.51. The summed E-state index contributed by atoms with van der Waals surface area (Å²) in [6, 6.07) is 21.7. The predicted octanol–water partition coefficient (Wildman–Crippen LogP) is 4.04. The zero-order chi connectivity index (χ0) is 23.1. The number of sulfonamides is 1. The quantitative estimate of drug-likeness (QED) is 0.508. The summed E-state index contributed by atoms with van der Waals surface area (Å²) in [4.78, 5) is 12.6. The van der Waals surface area contributed by atoms with E-state index < -0.39 is 10.0 Å². The Morgan fingerprint density at radius 2 is 1.69 bits per heavy atom. The molecule has 0 saturated carbocycles. The average Bonchev–Trinajstić information content (AvgIpc) is 2.80. The van der Waals surface area contributed by atoms with E-state index in [0.717, 1.165) is 0 Å². The van der Waals surface area contributed by atoms with Crippen LogP contribution in [0.25, 0.3) is 0 Å². The number of hydrogen-bond acceptors (Lipinski definition) is 5. The molecule has 3 aromatic carbocycles. The molecule has 0 aliphatic heterocycles. The van der Waals surface area contributed by atoms with Crippen molar-refractivity contribution in [3.63, 3.8) is 0 Å². The highest BCUT2D eigenvalue weighted by atomic mass is 32.2. The molecule has 0 aliphatic rings. The third-order valence-corrected chi connectivity index (χ3v) is 6.53. The molecular weight excluding hydrogens is 446 g/mol. The van der Waals surface area contributed by atoms with Gasteiger partial charge >= 0.3 is 0 Å². The lowest BCUT2D eigenvalue weighted by Gasteiger charge is -2.19. The van der Waals surface area contributed by atoms with E-state index in [0.29, 0.717) is 29.3 Å². The molecule has 32 heavy (non-hydrogen) atoms. The number of thiocarbonyl (C=S) groups is 1. The fraction of sp³-hybridized carbons (Fsp3) is 0.130. The van der Waals surface area contributed by atoms with Crippen molar-refractivity contribution in [2.75, 3.05) is 23.3 Å². The first-order valence-electron chi connectivity index (χ1n) is 9.80. The van der Waals surface area contributed by atoms with Crippen molar-refractivity contribution in [1.29, 1.82) is 0 Å². The molecule has 3 rings (SSSR count). The molecule has 1 amide bonds. The lowest BCUT2D eigenvalue weighted by atomic mass is 10.2. The van der Waals surface area contributed by atoms with Crippen LogP contribution in [0.3, 0.4) is 0 Å². The van der Waals surface area contributed by atoms with Gasteiger partial charge in [0.1, 0.15) is 5.75 Å². The smallest absolute Gasteiger partial charge is 0.264 e. The molecule has 0 aliphatic carbocycles. The molecule has 0 fully saturated rings. The van der Waals surface area contributed by atoms with Gasteiger partial charge in [0.05, 0.1) is 17.2 Å². The Morgan fingerprint density at radius 3 is 2.34 bits per heavy atom. The van der Waals surface area contributed by atoms with Crippen molar-refractivity contribution in [1.82, 2.24) is 5.32 Å². The minimum atomic E-state index is -3.71. The zero-order valence-electron chi connectivity index (χ0n) is 17.6. The number of anilines is 2. The molecule has 0 aromatic heterocycles. The fourth-order valence-corrected chi connectivity index (χ4v) is 4.28. The van der Waals surface area contributed by atoms with Crippen LogP contribution in [0.5, 0.6) is 5.75 Å². The molecule has 0 heterocycles. The molecular formula is C23H23N3O4S2. The van der Waals surface area contributed by atoms with Gasteiger partial charge in [-0.3, -0.25) is 14.4 Å². The normalized spacial score (nSPS) is 10.8. The Kier molecular flexibility index (Phi) is 7.45. The highest BCUT2D eigenvalue weighted by molar-refractivity contribution is 7.92. The number of para-hydroxylation sites is 1. The van der Waals surface area contributed by atoms with Gasteiger partial charge in [-0.25, -0.2) is 8.42 Å². The summed E-state index contributed by atoms with van der Waals surface area (Å²) >= 11 is 5.21. The van der Waals surface area contributed by atoms with E-state index in [1.807, 2.05) is 13.0 Å². The lowest BCUT2D eigenvalue weighted by Crippen LogP contribution is -2.34. The maximum atomic E-state index is 12.9. The highest BCUT2D eigenvalue weighted by Crippen LogP contribution is 2.23. The summed E-state index contributed by atoms with van der Waals surface area (Å²) in [6.07, 6.45) is 0. The SMILES string of the molecule is CCOc1cccc(C(=O)NC(=S)Nc2ccc(S(=O)(=O)N(C)c3ccccc3)cc2)c1. The van der Waals surface area contributed by atoms with Crippen molar-refractivity contribution >= 4 is 44.6 Å². The largest absolute Gasteiger partial charge is 0.494 e. The minimum Gasteiger partial charge on any atom is -0.494 e. The summed E-state index contributed by atoms with van der Waals surface area (Å²) in [5.74, 6) is 0.212. The van der Waals surface area contributed by atoms with Gasteiger partial charge in [-0.15, -0.1) is 0 Å². The Bertz CT molecular complexity index is 1200. The molecule has 0 saturated heterocycles. The van der Waals surface area contributed by atoms with Crippen LogP contribution in [0.2, 0.25) is 0 Å². The maximum absolute atomic E-state index is 12.9. The van der Waals surface area contributed by atoms with Crippen molar-refractivity contribution in [2.24, 2.45) is 0 Å². The number of hydrogen-bond donors (Lipinski definition) is 2. The standard InChI is InChI=1S/C23H23N3O4S2/c1-3-30-20-11-7-8-17(16-20)22(27)25-23(31)24-18-12-14-21(15-13-18)32(28,29)26(2)19-9-5-4-6-10-19/h4-16H,3H2,1-2H3,(H2,24,25,27,31). The topological polar surface area (TPSA) is 87.7 Å². The highest BCUT2D eigenvalue weighted by Gasteiger charge is 2.21. The Hall–Kier alpha value is -3.43. The molecule has 9 heteroatoms.